The van der Waals surface area contributed by atoms with Crippen molar-refractivity contribution in [3.8, 4) is 5.75 Å². The molecule has 2 heterocycles. The molecule has 0 fully saturated rings. The minimum atomic E-state index is -0.427. The maximum absolute atomic E-state index is 12.6. The molecular weight excluding hydrogens is 472 g/mol. The van der Waals surface area contributed by atoms with Gasteiger partial charge in [-0.2, -0.15) is 0 Å². The van der Waals surface area contributed by atoms with E-state index in [4.69, 9.17) is 9.47 Å². The van der Waals surface area contributed by atoms with Crippen molar-refractivity contribution < 1.29 is 19.1 Å². The number of esters is 1. The Kier molecular flexibility index (Phi) is 8.73. The van der Waals surface area contributed by atoms with Gasteiger partial charge < -0.3 is 19.4 Å². The molecule has 0 saturated carbocycles. The smallest absolute Gasteiger partial charge is 0.341 e. The van der Waals surface area contributed by atoms with Crippen molar-refractivity contribution in [1.29, 1.82) is 0 Å². The topological polar surface area (TPSA) is 95.3 Å². The summed E-state index contributed by atoms with van der Waals surface area (Å²) in [7, 11) is 1.85. The third kappa shape index (κ3) is 5.98. The van der Waals surface area contributed by atoms with E-state index in [0.29, 0.717) is 21.5 Å². The second-order valence-electron chi connectivity index (χ2n) is 7.70. The van der Waals surface area contributed by atoms with Crippen molar-refractivity contribution in [3.05, 3.63) is 51.7 Å². The van der Waals surface area contributed by atoms with E-state index >= 15 is 0 Å². The number of nitrogens with one attached hydrogen (secondary N) is 1. The molecule has 0 aliphatic heterocycles. The van der Waals surface area contributed by atoms with Crippen LogP contribution in [-0.4, -0.2) is 39.0 Å². The van der Waals surface area contributed by atoms with Crippen LogP contribution in [0.2, 0.25) is 0 Å². The highest BCUT2D eigenvalue weighted by Crippen LogP contribution is 2.33. The number of amides is 1. The second-order valence-corrected chi connectivity index (χ2v) is 9.87. The predicted molar refractivity (Wildman–Crippen MR) is 135 cm³/mol. The highest BCUT2D eigenvalue weighted by Gasteiger charge is 2.23. The Labute approximate surface area is 208 Å². The number of thiophene rings is 1. The Morgan fingerprint density at radius 3 is 2.53 bits per heavy atom. The standard InChI is InChI=1S/C24H30N4O4S2/c1-7-17-9-11-18(12-10-17)32-15(4)21-26-27-24(28(21)6)33-13-19(29)25-22-20(23(30)31-8-2)14(3)16(5)34-22/h9-12,15H,7-8,13H2,1-6H3,(H,25,29). The monoisotopic (exact) mass is 502 g/mol. The van der Waals surface area contributed by atoms with E-state index in [1.54, 1.807) is 6.92 Å². The Morgan fingerprint density at radius 1 is 1.18 bits per heavy atom. The average Bonchev–Trinajstić information content (AvgIpc) is 3.31. The van der Waals surface area contributed by atoms with Crippen LogP contribution >= 0.6 is 23.1 Å². The lowest BCUT2D eigenvalue weighted by Gasteiger charge is -2.14. The molecule has 34 heavy (non-hydrogen) atoms. The molecule has 1 unspecified atom stereocenters. The molecule has 182 valence electrons. The Morgan fingerprint density at radius 2 is 1.88 bits per heavy atom. The number of carbonyl (C=O) groups excluding carboxylic acids is 2. The summed E-state index contributed by atoms with van der Waals surface area (Å²) in [6, 6.07) is 7.99. The largest absolute Gasteiger partial charge is 0.483 e. The maximum atomic E-state index is 12.6. The minimum absolute atomic E-state index is 0.123. The first-order valence-electron chi connectivity index (χ1n) is 11.1. The minimum Gasteiger partial charge on any atom is -0.483 e. The first-order valence-corrected chi connectivity index (χ1v) is 12.9. The number of rotatable bonds is 10. The summed E-state index contributed by atoms with van der Waals surface area (Å²) in [6.07, 6.45) is 0.667. The number of ether oxygens (including phenoxy) is 2. The quantitative estimate of drug-likeness (QED) is 0.304. The van der Waals surface area contributed by atoms with E-state index in [1.165, 1.54) is 28.7 Å². The fourth-order valence-corrected chi connectivity index (χ4v) is 5.11. The van der Waals surface area contributed by atoms with Crippen LogP contribution < -0.4 is 10.1 Å². The summed E-state index contributed by atoms with van der Waals surface area (Å²) in [4.78, 5) is 25.9. The van der Waals surface area contributed by atoms with Gasteiger partial charge in [0.15, 0.2) is 17.1 Å². The third-order valence-electron chi connectivity index (χ3n) is 5.33. The van der Waals surface area contributed by atoms with E-state index in [1.807, 2.05) is 56.7 Å². The van der Waals surface area contributed by atoms with Gasteiger partial charge in [-0.25, -0.2) is 4.79 Å². The van der Waals surface area contributed by atoms with E-state index in [9.17, 15) is 9.59 Å². The number of hydrogen-bond donors (Lipinski definition) is 1. The molecule has 10 heteroatoms. The first kappa shape index (κ1) is 25.8. The fourth-order valence-electron chi connectivity index (χ4n) is 3.32. The van der Waals surface area contributed by atoms with Crippen LogP contribution in [0.5, 0.6) is 5.75 Å². The van der Waals surface area contributed by atoms with Crippen molar-refractivity contribution in [2.45, 2.75) is 52.3 Å². The lowest BCUT2D eigenvalue weighted by atomic mass is 10.1. The number of thioether (sulfide) groups is 1. The Hall–Kier alpha value is -2.85. The fraction of sp³-hybridized carbons (Fsp3) is 0.417. The van der Waals surface area contributed by atoms with E-state index in [-0.39, 0.29) is 24.4 Å². The van der Waals surface area contributed by atoms with Gasteiger partial charge in [0.05, 0.1) is 17.9 Å². The molecule has 0 aliphatic rings. The number of nitrogens with zero attached hydrogens (tertiary/aromatic N) is 3. The van der Waals surface area contributed by atoms with Gasteiger partial charge in [0.1, 0.15) is 10.8 Å². The Bertz CT molecular complexity index is 1150. The molecule has 1 atom stereocenters. The van der Waals surface area contributed by atoms with Gasteiger partial charge in [0.25, 0.3) is 0 Å². The van der Waals surface area contributed by atoms with Gasteiger partial charge in [-0.3, -0.25) is 4.79 Å². The first-order chi connectivity index (χ1) is 16.2. The zero-order chi connectivity index (χ0) is 24.8. The normalized spacial score (nSPS) is 11.8. The summed E-state index contributed by atoms with van der Waals surface area (Å²) >= 11 is 2.64. The van der Waals surface area contributed by atoms with Gasteiger partial charge >= 0.3 is 5.97 Å². The van der Waals surface area contributed by atoms with Crippen molar-refractivity contribution in [2.24, 2.45) is 7.05 Å². The predicted octanol–water partition coefficient (Wildman–Crippen LogP) is 5.10. The van der Waals surface area contributed by atoms with Gasteiger partial charge in [-0.1, -0.05) is 30.8 Å². The van der Waals surface area contributed by atoms with Gasteiger partial charge in [0, 0.05) is 11.9 Å². The van der Waals surface area contributed by atoms with E-state index < -0.39 is 5.97 Å². The number of anilines is 1. The van der Waals surface area contributed by atoms with Crippen LogP contribution in [-0.2, 0) is 23.0 Å². The van der Waals surface area contributed by atoms with Crippen LogP contribution in [0.25, 0.3) is 0 Å². The zero-order valence-corrected chi connectivity index (χ0v) is 21.9. The zero-order valence-electron chi connectivity index (χ0n) is 20.3. The molecule has 1 amide bonds. The summed E-state index contributed by atoms with van der Waals surface area (Å²) in [5.74, 6) is 0.889. The molecular formula is C24H30N4O4S2. The van der Waals surface area contributed by atoms with Crippen LogP contribution in [0, 0.1) is 13.8 Å². The molecule has 1 N–H and O–H groups in total. The number of benzene rings is 1. The lowest BCUT2D eigenvalue weighted by Crippen LogP contribution is -2.17. The van der Waals surface area contributed by atoms with Crippen LogP contribution in [0.3, 0.4) is 0 Å². The molecule has 1 aromatic carbocycles. The summed E-state index contributed by atoms with van der Waals surface area (Å²) in [5, 5.41) is 12.4. The van der Waals surface area contributed by atoms with Gasteiger partial charge in [-0.05, 0) is 57.4 Å². The Balaban J connectivity index is 1.62. The second kappa shape index (κ2) is 11.5. The third-order valence-corrected chi connectivity index (χ3v) is 7.47. The summed E-state index contributed by atoms with van der Waals surface area (Å²) in [6.45, 7) is 9.82. The molecule has 2 aromatic heterocycles. The maximum Gasteiger partial charge on any atom is 0.341 e. The summed E-state index contributed by atoms with van der Waals surface area (Å²) < 4.78 is 13.0. The van der Waals surface area contributed by atoms with Crippen LogP contribution in [0.1, 0.15) is 59.1 Å². The lowest BCUT2D eigenvalue weighted by molar-refractivity contribution is -0.113. The molecule has 8 nitrogen and oxygen atoms in total. The number of hydrogen-bond acceptors (Lipinski definition) is 8. The molecule has 0 saturated heterocycles. The number of aryl methyl sites for hydroxylation is 2. The molecule has 3 aromatic rings. The van der Waals surface area contributed by atoms with Crippen molar-refractivity contribution >= 4 is 40.0 Å². The SMILES string of the molecule is CCOC(=O)c1c(NC(=O)CSc2nnc(C(C)Oc3ccc(CC)cc3)n2C)sc(C)c1C. The highest BCUT2D eigenvalue weighted by atomic mass is 32.2. The number of carbonyl (C=O) groups is 2. The molecule has 0 spiro atoms. The average molecular weight is 503 g/mol. The van der Waals surface area contributed by atoms with E-state index in [2.05, 4.69) is 22.4 Å². The molecule has 0 aliphatic carbocycles. The van der Waals surface area contributed by atoms with Crippen LogP contribution in [0.4, 0.5) is 5.00 Å². The highest BCUT2D eigenvalue weighted by molar-refractivity contribution is 7.99. The molecule has 0 bridgehead atoms. The van der Waals surface area contributed by atoms with Crippen molar-refractivity contribution in [3.63, 3.8) is 0 Å². The van der Waals surface area contributed by atoms with E-state index in [0.717, 1.165) is 22.6 Å². The van der Waals surface area contributed by atoms with Crippen molar-refractivity contribution in [1.82, 2.24) is 14.8 Å². The summed E-state index contributed by atoms with van der Waals surface area (Å²) in [5.41, 5.74) is 2.49. The van der Waals surface area contributed by atoms with Crippen molar-refractivity contribution in [2.75, 3.05) is 17.7 Å². The van der Waals surface area contributed by atoms with Gasteiger partial charge in [-0.15, -0.1) is 21.5 Å². The van der Waals surface area contributed by atoms with Gasteiger partial charge in [0.2, 0.25) is 5.91 Å². The number of aromatic nitrogens is 3. The van der Waals surface area contributed by atoms with Crippen LogP contribution in [0.15, 0.2) is 29.4 Å². The molecule has 3 rings (SSSR count). The molecule has 0 radical (unpaired) electrons.